The summed E-state index contributed by atoms with van der Waals surface area (Å²) in [7, 11) is 0. The van der Waals surface area contributed by atoms with Gasteiger partial charge in [0.15, 0.2) is 5.78 Å². The summed E-state index contributed by atoms with van der Waals surface area (Å²) < 4.78 is 0. The van der Waals surface area contributed by atoms with Gasteiger partial charge in [0.2, 0.25) is 0 Å². The van der Waals surface area contributed by atoms with Crippen LogP contribution in [0.5, 0.6) is 0 Å². The molecule has 0 unspecified atom stereocenters. The van der Waals surface area contributed by atoms with Gasteiger partial charge < -0.3 is 5.11 Å². The highest BCUT2D eigenvalue weighted by molar-refractivity contribution is 6.19. The lowest BCUT2D eigenvalue weighted by Crippen LogP contribution is -2.17. The van der Waals surface area contributed by atoms with Crippen LogP contribution in [0.1, 0.15) is 6.92 Å². The SMILES string of the molecule is CC(=O)[C@@H](O)CCl. The van der Waals surface area contributed by atoms with Crippen molar-refractivity contribution >= 4 is 17.4 Å². The van der Waals surface area contributed by atoms with Crippen molar-refractivity contribution in [2.24, 2.45) is 0 Å². The fourth-order valence-electron chi connectivity index (χ4n) is 0.109. The van der Waals surface area contributed by atoms with Gasteiger partial charge in [-0.3, -0.25) is 4.79 Å². The van der Waals surface area contributed by atoms with Crippen LogP contribution < -0.4 is 0 Å². The van der Waals surface area contributed by atoms with Crippen molar-refractivity contribution in [1.82, 2.24) is 0 Å². The lowest BCUT2D eigenvalue weighted by molar-refractivity contribution is -0.123. The molecule has 0 aromatic rings. The molecular formula is C4H7ClO2. The Kier molecular flexibility index (Phi) is 2.96. The first-order chi connectivity index (χ1) is 3.18. The van der Waals surface area contributed by atoms with Gasteiger partial charge in [0.25, 0.3) is 0 Å². The fourth-order valence-corrected chi connectivity index (χ4v) is 0.326. The molecule has 0 aromatic carbocycles. The van der Waals surface area contributed by atoms with E-state index in [1.165, 1.54) is 6.92 Å². The molecule has 0 bridgehead atoms. The molecule has 1 atom stereocenters. The van der Waals surface area contributed by atoms with Crippen molar-refractivity contribution in [2.75, 3.05) is 5.88 Å². The van der Waals surface area contributed by atoms with E-state index in [4.69, 9.17) is 16.7 Å². The molecule has 42 valence electrons. The molecule has 0 aliphatic rings. The monoisotopic (exact) mass is 122 g/mol. The Morgan fingerprint density at radius 3 is 2.43 bits per heavy atom. The highest BCUT2D eigenvalue weighted by Gasteiger charge is 2.04. The number of aliphatic hydroxyl groups is 1. The molecule has 0 spiro atoms. The topological polar surface area (TPSA) is 37.3 Å². The summed E-state index contributed by atoms with van der Waals surface area (Å²) >= 11 is 5.08. The average molecular weight is 123 g/mol. The zero-order valence-corrected chi connectivity index (χ0v) is 4.77. The van der Waals surface area contributed by atoms with Crippen LogP contribution in [0.4, 0.5) is 0 Å². The number of hydrogen-bond donors (Lipinski definition) is 1. The third-order valence-electron chi connectivity index (χ3n) is 0.615. The van der Waals surface area contributed by atoms with Crippen LogP contribution in [0, 0.1) is 0 Å². The summed E-state index contributed by atoms with van der Waals surface area (Å²) in [5.41, 5.74) is 0. The number of alkyl halides is 1. The highest BCUT2D eigenvalue weighted by Crippen LogP contribution is 1.86. The molecule has 0 heterocycles. The van der Waals surface area contributed by atoms with E-state index in [1.54, 1.807) is 0 Å². The molecule has 0 saturated carbocycles. The maximum atomic E-state index is 10.0. The zero-order valence-electron chi connectivity index (χ0n) is 4.02. The van der Waals surface area contributed by atoms with Crippen LogP contribution in [-0.4, -0.2) is 22.9 Å². The lowest BCUT2D eigenvalue weighted by Gasteiger charge is -1.96. The smallest absolute Gasteiger partial charge is 0.159 e. The second-order valence-corrected chi connectivity index (χ2v) is 1.59. The van der Waals surface area contributed by atoms with Gasteiger partial charge in [-0.25, -0.2) is 0 Å². The van der Waals surface area contributed by atoms with Gasteiger partial charge in [-0.2, -0.15) is 0 Å². The summed E-state index contributed by atoms with van der Waals surface area (Å²) in [5.74, 6) is -0.287. The zero-order chi connectivity index (χ0) is 5.86. The Morgan fingerprint density at radius 1 is 2.00 bits per heavy atom. The van der Waals surface area contributed by atoms with Crippen molar-refractivity contribution in [1.29, 1.82) is 0 Å². The molecular weight excluding hydrogens is 115 g/mol. The molecule has 2 nitrogen and oxygen atoms in total. The quantitative estimate of drug-likeness (QED) is 0.531. The van der Waals surface area contributed by atoms with Gasteiger partial charge in [0.1, 0.15) is 6.10 Å². The van der Waals surface area contributed by atoms with Gasteiger partial charge in [0.05, 0.1) is 5.88 Å². The summed E-state index contributed by atoms with van der Waals surface area (Å²) in [6.07, 6.45) is -0.971. The van der Waals surface area contributed by atoms with Crippen molar-refractivity contribution < 1.29 is 9.90 Å². The van der Waals surface area contributed by atoms with Gasteiger partial charge in [-0.05, 0) is 6.92 Å². The Morgan fingerprint density at radius 2 is 2.43 bits per heavy atom. The minimum absolute atomic E-state index is 0.00463. The van der Waals surface area contributed by atoms with E-state index in [0.717, 1.165) is 0 Å². The van der Waals surface area contributed by atoms with Gasteiger partial charge in [-0.1, -0.05) is 0 Å². The molecule has 1 N–H and O–H groups in total. The van der Waals surface area contributed by atoms with Gasteiger partial charge in [0, 0.05) is 0 Å². The Hall–Kier alpha value is -0.0800. The summed E-state index contributed by atoms with van der Waals surface area (Å²) in [5, 5.41) is 8.45. The van der Waals surface area contributed by atoms with E-state index < -0.39 is 6.10 Å². The van der Waals surface area contributed by atoms with E-state index in [9.17, 15) is 4.79 Å². The number of aliphatic hydroxyl groups excluding tert-OH is 1. The number of carbonyl (C=O) groups excluding carboxylic acids is 1. The number of ketones is 1. The van der Waals surface area contributed by atoms with Crippen LogP contribution in [0.15, 0.2) is 0 Å². The lowest BCUT2D eigenvalue weighted by atomic mass is 10.3. The Bertz CT molecular complexity index is 72.1. The minimum Gasteiger partial charge on any atom is -0.384 e. The van der Waals surface area contributed by atoms with E-state index in [0.29, 0.717) is 0 Å². The molecule has 7 heavy (non-hydrogen) atoms. The Labute approximate surface area is 47.1 Å². The van der Waals surface area contributed by atoms with Crippen LogP contribution in [0.2, 0.25) is 0 Å². The standard InChI is InChI=1S/C4H7ClO2/c1-3(6)4(7)2-5/h4,7H,2H2,1H3/t4-/m0/s1. The Balaban J connectivity index is 3.34. The van der Waals surface area contributed by atoms with E-state index >= 15 is 0 Å². The minimum atomic E-state index is -0.971. The first kappa shape index (κ1) is 6.92. The normalized spacial score (nSPS) is 13.6. The van der Waals surface area contributed by atoms with Crippen LogP contribution in [-0.2, 0) is 4.79 Å². The first-order valence-corrected chi connectivity index (χ1v) is 2.46. The maximum Gasteiger partial charge on any atom is 0.159 e. The highest BCUT2D eigenvalue weighted by atomic mass is 35.5. The largest absolute Gasteiger partial charge is 0.384 e. The second kappa shape index (κ2) is 2.99. The van der Waals surface area contributed by atoms with Crippen LogP contribution in [0.25, 0.3) is 0 Å². The molecule has 0 aliphatic heterocycles. The molecule has 3 heteroatoms. The molecule has 0 fully saturated rings. The van der Waals surface area contributed by atoms with Gasteiger partial charge in [-0.15, -0.1) is 11.6 Å². The number of hydrogen-bond acceptors (Lipinski definition) is 2. The second-order valence-electron chi connectivity index (χ2n) is 1.28. The van der Waals surface area contributed by atoms with Crippen molar-refractivity contribution in [2.45, 2.75) is 13.0 Å². The third kappa shape index (κ3) is 2.60. The number of halogens is 1. The predicted octanol–water partition coefficient (Wildman–Crippen LogP) is 0.175. The fraction of sp³-hybridized carbons (Fsp3) is 0.750. The molecule has 0 rings (SSSR count). The van der Waals surface area contributed by atoms with E-state index in [1.807, 2.05) is 0 Å². The number of rotatable bonds is 2. The molecule has 0 amide bonds. The molecule has 0 saturated heterocycles. The third-order valence-corrected chi connectivity index (χ3v) is 0.908. The predicted molar refractivity (Wildman–Crippen MR) is 27.4 cm³/mol. The van der Waals surface area contributed by atoms with Crippen LogP contribution in [0.3, 0.4) is 0 Å². The van der Waals surface area contributed by atoms with Crippen molar-refractivity contribution in [3.05, 3.63) is 0 Å². The summed E-state index contributed by atoms with van der Waals surface area (Å²) in [6.45, 7) is 1.30. The maximum absolute atomic E-state index is 10.0. The summed E-state index contributed by atoms with van der Waals surface area (Å²) in [4.78, 5) is 10.0. The van der Waals surface area contributed by atoms with Gasteiger partial charge >= 0.3 is 0 Å². The number of carbonyl (C=O) groups is 1. The van der Waals surface area contributed by atoms with E-state index in [-0.39, 0.29) is 11.7 Å². The number of Topliss-reactive ketones (excluding diaryl/α,β-unsaturated/α-hetero) is 1. The average Bonchev–Trinajstić information content (AvgIpc) is 1.65. The van der Waals surface area contributed by atoms with Crippen molar-refractivity contribution in [3.63, 3.8) is 0 Å². The summed E-state index contributed by atoms with van der Waals surface area (Å²) in [6, 6.07) is 0. The van der Waals surface area contributed by atoms with Crippen LogP contribution >= 0.6 is 11.6 Å². The molecule has 0 aliphatic carbocycles. The first-order valence-electron chi connectivity index (χ1n) is 1.93. The van der Waals surface area contributed by atoms with Crippen molar-refractivity contribution in [3.8, 4) is 0 Å². The molecule has 0 aromatic heterocycles. The molecule has 0 radical (unpaired) electrons. The van der Waals surface area contributed by atoms with E-state index in [2.05, 4.69) is 0 Å².